The molecule has 0 atom stereocenters. The van der Waals surface area contributed by atoms with Gasteiger partial charge in [0.1, 0.15) is 10.5 Å². The number of aromatic nitrogens is 2. The van der Waals surface area contributed by atoms with Crippen LogP contribution in [0.25, 0.3) is 15.9 Å². The molecule has 2 aromatic heterocycles. The van der Waals surface area contributed by atoms with E-state index in [2.05, 4.69) is 10.3 Å². The van der Waals surface area contributed by atoms with Gasteiger partial charge >= 0.3 is 0 Å². The zero-order valence-electron chi connectivity index (χ0n) is 16.1. The molecule has 0 radical (unpaired) electrons. The fourth-order valence-electron chi connectivity index (χ4n) is 3.63. The van der Waals surface area contributed by atoms with Crippen LogP contribution in [0.2, 0.25) is 0 Å². The first-order valence-electron chi connectivity index (χ1n) is 9.72. The van der Waals surface area contributed by atoms with Gasteiger partial charge in [0.05, 0.1) is 17.0 Å². The predicted molar refractivity (Wildman–Crippen MR) is 116 cm³/mol. The number of thioether (sulfide) groups is 1. The molecule has 3 aromatic rings. The summed E-state index contributed by atoms with van der Waals surface area (Å²) in [4.78, 5) is 30.1. The lowest BCUT2D eigenvalue weighted by atomic mass is 9.95. The molecule has 8 heteroatoms. The maximum absolute atomic E-state index is 13.7. The predicted octanol–water partition coefficient (Wildman–Crippen LogP) is 4.44. The molecule has 1 amide bonds. The third kappa shape index (κ3) is 4.38. The summed E-state index contributed by atoms with van der Waals surface area (Å²) in [5.41, 5.74) is 1.41. The number of hydrogen-bond donors (Lipinski definition) is 1. The van der Waals surface area contributed by atoms with Crippen LogP contribution < -0.4 is 10.9 Å². The summed E-state index contributed by atoms with van der Waals surface area (Å²) >= 11 is 2.56. The van der Waals surface area contributed by atoms with E-state index in [1.54, 1.807) is 25.1 Å². The smallest absolute Gasteiger partial charge is 0.276 e. The molecular weight excluding hydrogens is 409 g/mol. The molecular formula is C21H22FN3O2S2. The molecule has 152 valence electrons. The number of carbonyl (C=O) groups is 1. The van der Waals surface area contributed by atoms with Gasteiger partial charge in [-0.05, 0) is 55.0 Å². The highest BCUT2D eigenvalue weighted by molar-refractivity contribution is 7.99. The van der Waals surface area contributed by atoms with Crippen molar-refractivity contribution < 1.29 is 9.18 Å². The minimum Gasteiger partial charge on any atom is -0.353 e. The number of carbonyl (C=O) groups excluding carboxylic acids is 1. The Morgan fingerprint density at radius 1 is 1.31 bits per heavy atom. The van der Waals surface area contributed by atoms with Crippen LogP contribution in [0.3, 0.4) is 0 Å². The first-order chi connectivity index (χ1) is 14.0. The number of fused-ring (bicyclic) bond motifs is 1. The third-order valence-corrected chi connectivity index (χ3v) is 6.98. The van der Waals surface area contributed by atoms with Gasteiger partial charge in [-0.1, -0.05) is 31.0 Å². The van der Waals surface area contributed by atoms with Crippen LogP contribution in [0.4, 0.5) is 4.39 Å². The first-order valence-corrected chi connectivity index (χ1v) is 11.6. The van der Waals surface area contributed by atoms with E-state index in [0.717, 1.165) is 25.7 Å². The zero-order valence-corrected chi connectivity index (χ0v) is 17.7. The van der Waals surface area contributed by atoms with E-state index >= 15 is 0 Å². The van der Waals surface area contributed by atoms with Gasteiger partial charge in [0.25, 0.3) is 5.56 Å². The van der Waals surface area contributed by atoms with E-state index in [4.69, 9.17) is 0 Å². The Kier molecular flexibility index (Phi) is 6.01. The van der Waals surface area contributed by atoms with Gasteiger partial charge in [-0.2, -0.15) is 0 Å². The summed E-state index contributed by atoms with van der Waals surface area (Å²) in [7, 11) is 0. The van der Waals surface area contributed by atoms with Crippen molar-refractivity contribution in [2.75, 3.05) is 5.75 Å². The molecule has 2 heterocycles. The van der Waals surface area contributed by atoms with Crippen molar-refractivity contribution in [3.8, 4) is 5.69 Å². The Labute approximate surface area is 176 Å². The number of benzene rings is 1. The second-order valence-electron chi connectivity index (χ2n) is 7.29. The molecule has 1 aliphatic carbocycles. The SMILES string of the molecule is Cc1cc(-n2c(SCC(=O)NC3CCCCC3)nc3ccsc3c2=O)ccc1F. The van der Waals surface area contributed by atoms with E-state index in [1.165, 1.54) is 40.2 Å². The molecule has 1 fully saturated rings. The number of aryl methyl sites for hydroxylation is 1. The van der Waals surface area contributed by atoms with Gasteiger partial charge in [0, 0.05) is 6.04 Å². The topological polar surface area (TPSA) is 64.0 Å². The van der Waals surface area contributed by atoms with E-state index in [9.17, 15) is 14.0 Å². The zero-order chi connectivity index (χ0) is 20.4. The maximum Gasteiger partial charge on any atom is 0.276 e. The molecule has 1 saturated carbocycles. The minimum atomic E-state index is -0.326. The van der Waals surface area contributed by atoms with Crippen molar-refractivity contribution in [3.63, 3.8) is 0 Å². The highest BCUT2D eigenvalue weighted by Gasteiger charge is 2.19. The highest BCUT2D eigenvalue weighted by atomic mass is 32.2. The number of nitrogens with zero attached hydrogens (tertiary/aromatic N) is 2. The molecule has 0 unspecified atom stereocenters. The first kappa shape index (κ1) is 20.1. The van der Waals surface area contributed by atoms with Crippen molar-refractivity contribution in [1.82, 2.24) is 14.9 Å². The van der Waals surface area contributed by atoms with Gasteiger partial charge < -0.3 is 5.32 Å². The summed E-state index contributed by atoms with van der Waals surface area (Å²) in [6.45, 7) is 1.66. The van der Waals surface area contributed by atoms with Crippen molar-refractivity contribution in [2.24, 2.45) is 0 Å². The van der Waals surface area contributed by atoms with Gasteiger partial charge in [-0.25, -0.2) is 9.37 Å². The Bertz CT molecular complexity index is 1100. The fraction of sp³-hybridized carbons (Fsp3) is 0.381. The highest BCUT2D eigenvalue weighted by Crippen LogP contribution is 2.25. The number of amides is 1. The maximum atomic E-state index is 13.7. The van der Waals surface area contributed by atoms with Crippen LogP contribution in [-0.2, 0) is 4.79 Å². The summed E-state index contributed by atoms with van der Waals surface area (Å²) in [6, 6.07) is 6.58. The van der Waals surface area contributed by atoms with Crippen molar-refractivity contribution in [1.29, 1.82) is 0 Å². The van der Waals surface area contributed by atoms with Crippen molar-refractivity contribution in [3.05, 3.63) is 51.4 Å². The van der Waals surface area contributed by atoms with Crippen LogP contribution in [0, 0.1) is 12.7 Å². The molecule has 1 aromatic carbocycles. The molecule has 0 aliphatic heterocycles. The molecule has 1 aliphatic rings. The lowest BCUT2D eigenvalue weighted by Gasteiger charge is -2.22. The van der Waals surface area contributed by atoms with Crippen LogP contribution in [0.1, 0.15) is 37.7 Å². The molecule has 0 spiro atoms. The summed E-state index contributed by atoms with van der Waals surface area (Å²) in [5.74, 6) is -0.199. The largest absolute Gasteiger partial charge is 0.353 e. The van der Waals surface area contributed by atoms with E-state index < -0.39 is 0 Å². The monoisotopic (exact) mass is 431 g/mol. The van der Waals surface area contributed by atoms with Crippen molar-refractivity contribution in [2.45, 2.75) is 50.2 Å². The van der Waals surface area contributed by atoms with Crippen LogP contribution in [0.15, 0.2) is 39.6 Å². The molecule has 1 N–H and O–H groups in total. The van der Waals surface area contributed by atoms with Crippen LogP contribution >= 0.6 is 23.1 Å². The summed E-state index contributed by atoms with van der Waals surface area (Å²) < 4.78 is 15.8. The molecule has 0 saturated heterocycles. The van der Waals surface area contributed by atoms with Gasteiger partial charge in [0.2, 0.25) is 5.91 Å². The van der Waals surface area contributed by atoms with Gasteiger partial charge in [0.15, 0.2) is 5.16 Å². The van der Waals surface area contributed by atoms with E-state index in [0.29, 0.717) is 26.6 Å². The number of halogens is 1. The number of nitrogens with one attached hydrogen (secondary N) is 1. The Hall–Kier alpha value is -2.19. The standard InChI is InChI=1S/C21H22FN3O2S2/c1-13-11-15(7-8-16(13)22)25-20(27)19-17(9-10-28-19)24-21(25)29-12-18(26)23-14-5-3-2-4-6-14/h7-11,14H,2-6,12H2,1H3,(H,23,26). The number of rotatable bonds is 5. The second-order valence-corrected chi connectivity index (χ2v) is 9.15. The summed E-state index contributed by atoms with van der Waals surface area (Å²) in [5, 5.41) is 5.35. The van der Waals surface area contributed by atoms with Crippen LogP contribution in [-0.4, -0.2) is 27.3 Å². The summed E-state index contributed by atoms with van der Waals surface area (Å²) in [6.07, 6.45) is 5.58. The van der Waals surface area contributed by atoms with E-state index in [1.807, 2.05) is 5.38 Å². The Morgan fingerprint density at radius 3 is 2.86 bits per heavy atom. The lowest BCUT2D eigenvalue weighted by molar-refractivity contribution is -0.119. The quantitative estimate of drug-likeness (QED) is 0.479. The number of thiophene rings is 1. The fourth-order valence-corrected chi connectivity index (χ4v) is 5.21. The average molecular weight is 432 g/mol. The number of hydrogen-bond acceptors (Lipinski definition) is 5. The van der Waals surface area contributed by atoms with Gasteiger partial charge in [-0.15, -0.1) is 11.3 Å². The molecule has 5 nitrogen and oxygen atoms in total. The molecule has 29 heavy (non-hydrogen) atoms. The third-order valence-electron chi connectivity index (χ3n) is 5.15. The molecule has 4 rings (SSSR count). The normalized spacial score (nSPS) is 15.0. The Morgan fingerprint density at radius 2 is 2.10 bits per heavy atom. The average Bonchev–Trinajstić information content (AvgIpc) is 3.18. The molecule has 0 bridgehead atoms. The van der Waals surface area contributed by atoms with Crippen molar-refractivity contribution >= 4 is 39.2 Å². The van der Waals surface area contributed by atoms with E-state index in [-0.39, 0.29) is 29.1 Å². The van der Waals surface area contributed by atoms with Gasteiger partial charge in [-0.3, -0.25) is 14.2 Å². The Balaban J connectivity index is 1.63. The van der Waals surface area contributed by atoms with Crippen LogP contribution in [0.5, 0.6) is 0 Å². The lowest BCUT2D eigenvalue weighted by Crippen LogP contribution is -2.37. The second kappa shape index (κ2) is 8.67. The minimum absolute atomic E-state index is 0.0524.